The van der Waals surface area contributed by atoms with Crippen molar-refractivity contribution in [3.05, 3.63) is 0 Å². The first-order valence-electron chi connectivity index (χ1n) is 15.8. The molecule has 0 aliphatic carbocycles. The second-order valence-corrected chi connectivity index (χ2v) is 9.10. The number of ether oxygens (including phenoxy) is 9. The molecule has 0 aromatic heterocycles. The lowest BCUT2D eigenvalue weighted by Crippen LogP contribution is -2.42. The van der Waals surface area contributed by atoms with Gasteiger partial charge < -0.3 is 47.5 Å². The molecule has 0 spiro atoms. The first-order chi connectivity index (χ1) is 19.3. The lowest BCUT2D eigenvalue weighted by molar-refractivity contribution is -0.380. The molecule has 0 aliphatic rings. The Labute approximate surface area is 245 Å². The van der Waals surface area contributed by atoms with Crippen LogP contribution in [0.15, 0.2) is 0 Å². The fraction of sp³-hybridized carbons (Fsp3) is 1.00. The van der Waals surface area contributed by atoms with E-state index < -0.39 is 17.9 Å². The second kappa shape index (κ2) is 24.1. The van der Waals surface area contributed by atoms with E-state index in [1.165, 1.54) is 0 Å². The predicted molar refractivity (Wildman–Crippen MR) is 157 cm³/mol. The fourth-order valence-corrected chi connectivity index (χ4v) is 4.90. The van der Waals surface area contributed by atoms with Gasteiger partial charge in [-0.1, -0.05) is 0 Å². The first-order valence-corrected chi connectivity index (χ1v) is 15.8. The fourth-order valence-electron chi connectivity index (χ4n) is 4.90. The van der Waals surface area contributed by atoms with E-state index in [2.05, 4.69) is 4.90 Å². The quantitative estimate of drug-likeness (QED) is 0.0953. The Kier molecular flexibility index (Phi) is 23.8. The zero-order valence-corrected chi connectivity index (χ0v) is 27.3. The zero-order valence-electron chi connectivity index (χ0n) is 27.3. The van der Waals surface area contributed by atoms with Crippen molar-refractivity contribution >= 4 is 0 Å². The van der Waals surface area contributed by atoms with E-state index >= 15 is 0 Å². The maximum absolute atomic E-state index is 5.94. The molecule has 10 heteroatoms. The first kappa shape index (κ1) is 39.6. The van der Waals surface area contributed by atoms with Crippen molar-refractivity contribution < 1.29 is 42.6 Å². The molecule has 0 aromatic carbocycles. The normalized spacial score (nSPS) is 13.1. The molecule has 0 aromatic rings. The van der Waals surface area contributed by atoms with Crippen molar-refractivity contribution in [2.24, 2.45) is 0 Å². The van der Waals surface area contributed by atoms with Crippen LogP contribution in [0, 0.1) is 0 Å². The Morgan fingerprint density at radius 1 is 0.325 bits per heavy atom. The molecule has 40 heavy (non-hydrogen) atoms. The van der Waals surface area contributed by atoms with Crippen molar-refractivity contribution in [1.82, 2.24) is 4.90 Å². The molecule has 0 heterocycles. The highest BCUT2D eigenvalue weighted by Gasteiger charge is 2.35. The number of hydrogen-bond acceptors (Lipinski definition) is 10. The molecular weight excluding hydrogens is 518 g/mol. The summed E-state index contributed by atoms with van der Waals surface area (Å²) in [7, 11) is 0. The highest BCUT2D eigenvalue weighted by molar-refractivity contribution is 4.68. The van der Waals surface area contributed by atoms with E-state index in [1.807, 2.05) is 62.3 Å². The third-order valence-electron chi connectivity index (χ3n) is 6.15. The molecule has 0 amide bonds. The van der Waals surface area contributed by atoms with Gasteiger partial charge in [-0.25, -0.2) is 0 Å². The van der Waals surface area contributed by atoms with Crippen LogP contribution in [0.4, 0.5) is 0 Å². The predicted octanol–water partition coefficient (Wildman–Crippen LogP) is 5.92. The molecule has 0 radical (unpaired) electrons. The minimum Gasteiger partial charge on any atom is -0.328 e. The van der Waals surface area contributed by atoms with E-state index in [0.717, 1.165) is 38.9 Å². The maximum Gasteiger partial charge on any atom is 0.282 e. The van der Waals surface area contributed by atoms with Gasteiger partial charge in [0.15, 0.2) is 0 Å². The number of rotatable bonds is 30. The monoisotopic (exact) mass is 581 g/mol. The van der Waals surface area contributed by atoms with E-state index in [9.17, 15) is 0 Å². The third kappa shape index (κ3) is 15.7. The Morgan fingerprint density at radius 2 is 0.500 bits per heavy atom. The smallest absolute Gasteiger partial charge is 0.282 e. The van der Waals surface area contributed by atoms with E-state index in [1.54, 1.807) is 0 Å². The van der Waals surface area contributed by atoms with Gasteiger partial charge in [-0.3, -0.25) is 0 Å². The number of hydrogen-bond donors (Lipinski definition) is 0. The van der Waals surface area contributed by atoms with Crippen LogP contribution in [0.3, 0.4) is 0 Å². The number of nitrogens with zero attached hydrogens (tertiary/aromatic N) is 1. The molecule has 0 bridgehead atoms. The molecule has 0 rings (SSSR count). The van der Waals surface area contributed by atoms with Gasteiger partial charge in [0.1, 0.15) is 0 Å². The minimum atomic E-state index is -1.01. The van der Waals surface area contributed by atoms with Gasteiger partial charge in [0.05, 0.1) is 0 Å². The van der Waals surface area contributed by atoms with E-state index in [-0.39, 0.29) is 0 Å². The van der Waals surface area contributed by atoms with Crippen molar-refractivity contribution in [1.29, 1.82) is 0 Å². The minimum absolute atomic E-state index is 0.520. The molecular formula is C30H63NO9. The molecule has 0 fully saturated rings. The third-order valence-corrected chi connectivity index (χ3v) is 6.15. The van der Waals surface area contributed by atoms with E-state index in [0.29, 0.717) is 78.7 Å². The molecule has 0 saturated carbocycles. The van der Waals surface area contributed by atoms with Crippen LogP contribution in [0.25, 0.3) is 0 Å². The average Bonchev–Trinajstić information content (AvgIpc) is 2.90. The van der Waals surface area contributed by atoms with Crippen molar-refractivity contribution in [2.45, 2.75) is 119 Å². The topological polar surface area (TPSA) is 86.3 Å². The van der Waals surface area contributed by atoms with Gasteiger partial charge >= 0.3 is 0 Å². The molecule has 242 valence electrons. The van der Waals surface area contributed by atoms with Crippen LogP contribution in [-0.4, -0.2) is 102 Å². The summed E-state index contributed by atoms with van der Waals surface area (Å²) in [6.07, 6.45) is 4.46. The summed E-state index contributed by atoms with van der Waals surface area (Å²) in [6, 6.07) is 0. The Balaban J connectivity index is 5.51. The van der Waals surface area contributed by atoms with Gasteiger partial charge in [0.25, 0.3) is 17.9 Å². The summed E-state index contributed by atoms with van der Waals surface area (Å²) < 4.78 is 53.5. The SMILES string of the molecule is CCOC(CCCN(CCCC(OCC)(OCC)OCC)CCCC(OCC)(OCC)OCC)(OCC)OCC. The van der Waals surface area contributed by atoms with Crippen LogP contribution in [0.1, 0.15) is 101 Å². The summed E-state index contributed by atoms with van der Waals surface area (Å²) in [5.41, 5.74) is 0. The van der Waals surface area contributed by atoms with E-state index in [4.69, 9.17) is 42.6 Å². The maximum atomic E-state index is 5.94. The molecule has 0 unspecified atom stereocenters. The molecule has 0 aliphatic heterocycles. The van der Waals surface area contributed by atoms with Crippen molar-refractivity contribution in [2.75, 3.05) is 79.1 Å². The van der Waals surface area contributed by atoms with Crippen LogP contribution in [0.2, 0.25) is 0 Å². The van der Waals surface area contributed by atoms with Crippen LogP contribution in [-0.2, 0) is 42.6 Å². The highest BCUT2D eigenvalue weighted by atomic mass is 16.9. The standard InChI is InChI=1S/C30H63NO9/c1-10-32-28(33-11-2,34-12-3)22-19-25-31(26-20-23-29(35-13-4,36-14-5)37-15-6)27-21-24-30(38-16-7,39-17-8)40-18-9/h10-27H2,1-9H3. The van der Waals surface area contributed by atoms with Crippen LogP contribution < -0.4 is 0 Å². The van der Waals surface area contributed by atoms with Crippen LogP contribution in [0.5, 0.6) is 0 Å². The molecule has 0 saturated heterocycles. The molecule has 10 nitrogen and oxygen atoms in total. The Hall–Kier alpha value is -0.400. The summed E-state index contributed by atoms with van der Waals surface area (Å²) >= 11 is 0. The van der Waals surface area contributed by atoms with Crippen molar-refractivity contribution in [3.8, 4) is 0 Å². The van der Waals surface area contributed by atoms with Crippen LogP contribution >= 0.6 is 0 Å². The Morgan fingerprint density at radius 3 is 0.650 bits per heavy atom. The van der Waals surface area contributed by atoms with Gasteiger partial charge in [-0.2, -0.15) is 0 Å². The van der Waals surface area contributed by atoms with Gasteiger partial charge in [0.2, 0.25) is 0 Å². The highest BCUT2D eigenvalue weighted by Crippen LogP contribution is 2.26. The lowest BCUT2D eigenvalue weighted by Gasteiger charge is -2.35. The zero-order chi connectivity index (χ0) is 30.2. The largest absolute Gasteiger partial charge is 0.328 e. The average molecular weight is 582 g/mol. The summed E-state index contributed by atoms with van der Waals surface area (Å²) in [6.45, 7) is 24.9. The Bertz CT molecular complexity index is 440. The van der Waals surface area contributed by atoms with Crippen molar-refractivity contribution in [3.63, 3.8) is 0 Å². The van der Waals surface area contributed by atoms with Gasteiger partial charge in [0, 0.05) is 78.7 Å². The van der Waals surface area contributed by atoms with Gasteiger partial charge in [-0.05, 0) is 101 Å². The summed E-state index contributed by atoms with van der Waals surface area (Å²) in [5, 5.41) is 0. The second-order valence-electron chi connectivity index (χ2n) is 9.10. The lowest BCUT2D eigenvalue weighted by atomic mass is 10.2. The summed E-state index contributed by atoms with van der Waals surface area (Å²) in [4.78, 5) is 2.44. The molecule has 0 atom stereocenters. The molecule has 0 N–H and O–H groups in total. The summed E-state index contributed by atoms with van der Waals surface area (Å²) in [5.74, 6) is -3.02. The van der Waals surface area contributed by atoms with Gasteiger partial charge in [-0.15, -0.1) is 0 Å².